The van der Waals surface area contributed by atoms with E-state index >= 15 is 0 Å². The number of benzene rings is 1. The van der Waals surface area contributed by atoms with Gasteiger partial charge in [0.2, 0.25) is 0 Å². The molecule has 0 fully saturated rings. The summed E-state index contributed by atoms with van der Waals surface area (Å²) >= 11 is 0. The van der Waals surface area contributed by atoms with Crippen LogP contribution in [0.1, 0.15) is 30.7 Å². The number of anilines is 1. The number of hydrogen-bond donors (Lipinski definition) is 2. The van der Waals surface area contributed by atoms with Gasteiger partial charge in [-0.25, -0.2) is 4.68 Å². The van der Waals surface area contributed by atoms with E-state index in [0.717, 1.165) is 28.8 Å². The lowest BCUT2D eigenvalue weighted by Gasteiger charge is -2.07. The first kappa shape index (κ1) is 13.7. The number of fused-ring (bicyclic) bond motifs is 1. The van der Waals surface area contributed by atoms with Gasteiger partial charge in [0.05, 0.1) is 16.8 Å². The zero-order valence-electron chi connectivity index (χ0n) is 12.9. The largest absolute Gasteiger partial charge is 0.383 e. The summed E-state index contributed by atoms with van der Waals surface area (Å²) in [6.45, 7) is 8.52. The van der Waals surface area contributed by atoms with Gasteiger partial charge in [-0.1, -0.05) is 26.0 Å². The Kier molecular flexibility index (Phi) is 3.20. The number of aromatic amines is 1. The minimum atomic E-state index is 0.518. The van der Waals surface area contributed by atoms with E-state index < -0.39 is 0 Å². The average molecular weight is 283 g/mol. The van der Waals surface area contributed by atoms with Crippen molar-refractivity contribution in [2.75, 3.05) is 5.73 Å². The first-order valence-corrected chi connectivity index (χ1v) is 7.26. The van der Waals surface area contributed by atoms with Gasteiger partial charge in [0.15, 0.2) is 5.65 Å². The Morgan fingerprint density at radius 2 is 2.05 bits per heavy atom. The Morgan fingerprint density at radius 3 is 2.76 bits per heavy atom. The van der Waals surface area contributed by atoms with E-state index in [1.165, 1.54) is 11.1 Å². The molecular weight excluding hydrogens is 262 g/mol. The molecule has 1 aromatic carbocycles. The summed E-state index contributed by atoms with van der Waals surface area (Å²) in [5, 5.41) is 13.0. The summed E-state index contributed by atoms with van der Waals surface area (Å²) in [6.07, 6.45) is 0.887. The van der Waals surface area contributed by atoms with Gasteiger partial charge in [-0.2, -0.15) is 10.2 Å². The van der Waals surface area contributed by atoms with Gasteiger partial charge in [0.25, 0.3) is 0 Å². The zero-order chi connectivity index (χ0) is 15.1. The predicted molar refractivity (Wildman–Crippen MR) is 85.6 cm³/mol. The summed E-state index contributed by atoms with van der Waals surface area (Å²) < 4.78 is 1.90. The van der Waals surface area contributed by atoms with Crippen molar-refractivity contribution in [3.63, 3.8) is 0 Å². The molecule has 0 unspecified atom stereocenters. The van der Waals surface area contributed by atoms with Crippen molar-refractivity contribution in [1.29, 1.82) is 0 Å². The molecule has 0 aliphatic rings. The van der Waals surface area contributed by atoms with E-state index in [-0.39, 0.29) is 0 Å². The minimum Gasteiger partial charge on any atom is -0.383 e. The van der Waals surface area contributed by atoms with Crippen LogP contribution in [0.2, 0.25) is 0 Å². The molecule has 2 heterocycles. The molecule has 0 saturated heterocycles. The number of aryl methyl sites for hydroxylation is 2. The maximum absolute atomic E-state index is 6.04. The van der Waals surface area contributed by atoms with Gasteiger partial charge in [-0.3, -0.25) is 5.10 Å². The van der Waals surface area contributed by atoms with Crippen LogP contribution in [0.5, 0.6) is 0 Å². The Bertz CT molecular complexity index is 794. The van der Waals surface area contributed by atoms with E-state index in [1.54, 1.807) is 0 Å². The molecule has 0 amide bonds. The zero-order valence-corrected chi connectivity index (χ0v) is 12.9. The number of aromatic nitrogens is 4. The molecule has 110 valence electrons. The van der Waals surface area contributed by atoms with Crippen molar-refractivity contribution in [3.8, 4) is 5.69 Å². The third kappa shape index (κ3) is 2.28. The highest BCUT2D eigenvalue weighted by molar-refractivity contribution is 5.90. The van der Waals surface area contributed by atoms with Gasteiger partial charge < -0.3 is 5.73 Å². The van der Waals surface area contributed by atoms with Crippen LogP contribution in [0.15, 0.2) is 18.2 Å². The highest BCUT2D eigenvalue weighted by Crippen LogP contribution is 2.28. The lowest BCUT2D eigenvalue weighted by molar-refractivity contribution is 0.630. The van der Waals surface area contributed by atoms with Gasteiger partial charge in [0, 0.05) is 0 Å². The lowest BCUT2D eigenvalue weighted by atomic mass is 10.1. The van der Waals surface area contributed by atoms with Crippen molar-refractivity contribution in [2.24, 2.45) is 5.92 Å². The number of nitrogens with zero attached hydrogens (tertiary/aromatic N) is 3. The van der Waals surface area contributed by atoms with Crippen molar-refractivity contribution in [2.45, 2.75) is 34.1 Å². The molecule has 3 rings (SSSR count). The van der Waals surface area contributed by atoms with E-state index in [2.05, 4.69) is 56.1 Å². The summed E-state index contributed by atoms with van der Waals surface area (Å²) in [4.78, 5) is 0. The summed E-state index contributed by atoms with van der Waals surface area (Å²) in [7, 11) is 0. The fourth-order valence-electron chi connectivity index (χ4n) is 2.65. The SMILES string of the molecule is Cc1ccc(C)c(-n2nc(CC(C)C)c3c(N)[nH]nc32)c1. The topological polar surface area (TPSA) is 72.5 Å². The lowest BCUT2D eigenvalue weighted by Crippen LogP contribution is -2.03. The van der Waals surface area contributed by atoms with Crippen molar-refractivity contribution in [3.05, 3.63) is 35.0 Å². The molecule has 0 saturated carbocycles. The molecule has 21 heavy (non-hydrogen) atoms. The molecule has 0 aliphatic carbocycles. The number of nitrogen functional groups attached to an aromatic ring is 1. The molecule has 0 atom stereocenters. The quantitative estimate of drug-likeness (QED) is 0.775. The molecule has 2 aromatic heterocycles. The van der Waals surface area contributed by atoms with Gasteiger partial charge >= 0.3 is 0 Å². The molecule has 3 aromatic rings. The van der Waals surface area contributed by atoms with Crippen LogP contribution >= 0.6 is 0 Å². The van der Waals surface area contributed by atoms with Crippen molar-refractivity contribution >= 4 is 16.9 Å². The molecule has 5 heteroatoms. The second-order valence-corrected chi connectivity index (χ2v) is 6.08. The van der Waals surface area contributed by atoms with Crippen LogP contribution in [-0.2, 0) is 6.42 Å². The van der Waals surface area contributed by atoms with Crippen LogP contribution in [0.25, 0.3) is 16.7 Å². The van der Waals surface area contributed by atoms with E-state index in [0.29, 0.717) is 11.7 Å². The monoisotopic (exact) mass is 283 g/mol. The van der Waals surface area contributed by atoms with Crippen LogP contribution in [0, 0.1) is 19.8 Å². The van der Waals surface area contributed by atoms with E-state index in [4.69, 9.17) is 10.8 Å². The third-order valence-corrected chi connectivity index (χ3v) is 3.68. The summed E-state index contributed by atoms with van der Waals surface area (Å²) in [5.41, 5.74) is 11.3. The highest BCUT2D eigenvalue weighted by Gasteiger charge is 2.19. The maximum Gasteiger partial charge on any atom is 0.186 e. The Morgan fingerprint density at radius 1 is 1.29 bits per heavy atom. The van der Waals surface area contributed by atoms with Crippen LogP contribution in [0.4, 0.5) is 5.82 Å². The maximum atomic E-state index is 6.04. The Labute approximate surface area is 124 Å². The number of rotatable bonds is 3. The highest BCUT2D eigenvalue weighted by atomic mass is 15.4. The molecule has 0 bridgehead atoms. The molecular formula is C16H21N5. The first-order valence-electron chi connectivity index (χ1n) is 7.26. The fraction of sp³-hybridized carbons (Fsp3) is 0.375. The minimum absolute atomic E-state index is 0.518. The van der Waals surface area contributed by atoms with Gasteiger partial charge in [-0.05, 0) is 43.4 Å². The van der Waals surface area contributed by atoms with Crippen molar-refractivity contribution < 1.29 is 0 Å². The Balaban J connectivity index is 2.26. The van der Waals surface area contributed by atoms with Crippen molar-refractivity contribution in [1.82, 2.24) is 20.0 Å². The molecule has 0 spiro atoms. The fourth-order valence-corrected chi connectivity index (χ4v) is 2.65. The predicted octanol–water partition coefficient (Wildman–Crippen LogP) is 3.15. The average Bonchev–Trinajstić information content (AvgIpc) is 2.95. The van der Waals surface area contributed by atoms with Crippen LogP contribution in [-0.4, -0.2) is 20.0 Å². The van der Waals surface area contributed by atoms with Crippen LogP contribution < -0.4 is 5.73 Å². The van der Waals surface area contributed by atoms with E-state index in [9.17, 15) is 0 Å². The Hall–Kier alpha value is -2.30. The number of H-pyrrole nitrogens is 1. The number of nitrogens with one attached hydrogen (secondary N) is 1. The third-order valence-electron chi connectivity index (χ3n) is 3.68. The van der Waals surface area contributed by atoms with E-state index in [1.807, 2.05) is 4.68 Å². The molecule has 0 radical (unpaired) electrons. The second-order valence-electron chi connectivity index (χ2n) is 6.08. The van der Waals surface area contributed by atoms with Gasteiger partial charge in [-0.15, -0.1) is 0 Å². The molecule has 3 N–H and O–H groups in total. The standard InChI is InChI=1S/C16H21N5/c1-9(2)7-12-14-15(17)18-19-16(14)21(20-12)13-8-10(3)5-6-11(13)4/h5-6,8-9H,7H2,1-4H3,(H3,17,18,19). The normalized spacial score (nSPS) is 11.7. The molecule has 0 aliphatic heterocycles. The van der Waals surface area contributed by atoms with Crippen LogP contribution in [0.3, 0.4) is 0 Å². The smallest absolute Gasteiger partial charge is 0.186 e. The molecule has 5 nitrogen and oxygen atoms in total. The number of hydrogen-bond acceptors (Lipinski definition) is 3. The van der Waals surface area contributed by atoms with Gasteiger partial charge in [0.1, 0.15) is 5.82 Å². The first-order chi connectivity index (χ1) is 9.97. The summed E-state index contributed by atoms with van der Waals surface area (Å²) in [5.74, 6) is 1.11. The number of nitrogens with two attached hydrogens (primary N) is 1. The second kappa shape index (κ2) is 4.91. The summed E-state index contributed by atoms with van der Waals surface area (Å²) in [6, 6.07) is 6.34.